The zero-order chi connectivity index (χ0) is 15.9. The summed E-state index contributed by atoms with van der Waals surface area (Å²) in [6.45, 7) is 5.18. The summed E-state index contributed by atoms with van der Waals surface area (Å²) in [6.07, 6.45) is 3.59. The fourth-order valence-electron chi connectivity index (χ4n) is 2.67. The summed E-state index contributed by atoms with van der Waals surface area (Å²) >= 11 is 0. The second-order valence-electron chi connectivity index (χ2n) is 5.46. The van der Waals surface area contributed by atoms with Gasteiger partial charge in [-0.15, -0.1) is 0 Å². The van der Waals surface area contributed by atoms with Crippen molar-refractivity contribution in [2.45, 2.75) is 45.6 Å². The van der Waals surface area contributed by atoms with Gasteiger partial charge in [0.25, 0.3) is 0 Å². The van der Waals surface area contributed by atoms with Crippen LogP contribution in [0, 0.1) is 0 Å². The van der Waals surface area contributed by atoms with Crippen LogP contribution in [0.25, 0.3) is 0 Å². The van der Waals surface area contributed by atoms with Gasteiger partial charge in [-0.2, -0.15) is 0 Å². The second-order valence-corrected chi connectivity index (χ2v) is 5.46. The number of aryl methyl sites for hydroxylation is 2. The van der Waals surface area contributed by atoms with Crippen LogP contribution in [0.5, 0.6) is 0 Å². The van der Waals surface area contributed by atoms with Crippen molar-refractivity contribution in [2.75, 3.05) is 18.5 Å². The smallest absolute Gasteiger partial charge is 0.313 e. The minimum absolute atomic E-state index is 0.0332. The topological polar surface area (TPSA) is 67.4 Å². The Morgan fingerprint density at radius 3 is 2.41 bits per heavy atom. The monoisotopic (exact) mass is 304 g/mol. The number of ether oxygens (including phenoxy) is 1. The molecule has 0 saturated carbocycles. The van der Waals surface area contributed by atoms with E-state index < -0.39 is 11.8 Å². The Kier molecular flexibility index (Phi) is 5.95. The van der Waals surface area contributed by atoms with E-state index in [9.17, 15) is 9.59 Å². The number of carbonyl (C=O) groups is 2. The average molecular weight is 304 g/mol. The molecule has 2 amide bonds. The van der Waals surface area contributed by atoms with Crippen molar-refractivity contribution in [3.63, 3.8) is 0 Å². The summed E-state index contributed by atoms with van der Waals surface area (Å²) in [5.74, 6) is -1.22. The molecule has 1 aromatic carbocycles. The first-order chi connectivity index (χ1) is 10.7. The summed E-state index contributed by atoms with van der Waals surface area (Å²) in [5.41, 5.74) is 2.85. The van der Waals surface area contributed by atoms with Crippen molar-refractivity contribution in [1.29, 1.82) is 0 Å². The molecule has 1 atom stereocenters. The highest BCUT2D eigenvalue weighted by Crippen LogP contribution is 2.22. The zero-order valence-corrected chi connectivity index (χ0v) is 13.3. The highest BCUT2D eigenvalue weighted by atomic mass is 16.5. The number of rotatable bonds is 5. The molecule has 0 aliphatic carbocycles. The van der Waals surface area contributed by atoms with E-state index >= 15 is 0 Å². The van der Waals surface area contributed by atoms with Crippen LogP contribution in [0.3, 0.4) is 0 Å². The van der Waals surface area contributed by atoms with Gasteiger partial charge in [0, 0.05) is 18.8 Å². The van der Waals surface area contributed by atoms with Gasteiger partial charge in [-0.25, -0.2) is 0 Å². The molecule has 1 unspecified atom stereocenters. The second kappa shape index (κ2) is 7.94. The molecule has 1 saturated heterocycles. The molecule has 22 heavy (non-hydrogen) atoms. The first-order valence-corrected chi connectivity index (χ1v) is 7.97. The maximum Gasteiger partial charge on any atom is 0.313 e. The molecule has 0 bridgehead atoms. The lowest BCUT2D eigenvalue weighted by Crippen LogP contribution is -2.39. The summed E-state index contributed by atoms with van der Waals surface area (Å²) in [6, 6.07) is 5.92. The van der Waals surface area contributed by atoms with Crippen LogP contribution in [0.1, 0.15) is 37.8 Å². The van der Waals surface area contributed by atoms with E-state index in [1.807, 2.05) is 32.0 Å². The molecule has 5 heteroatoms. The largest absolute Gasteiger partial charge is 0.376 e. The molecule has 1 heterocycles. The van der Waals surface area contributed by atoms with Crippen LogP contribution < -0.4 is 10.6 Å². The van der Waals surface area contributed by atoms with E-state index in [1.165, 1.54) is 0 Å². The average Bonchev–Trinajstić information content (AvgIpc) is 3.06. The lowest BCUT2D eigenvalue weighted by Gasteiger charge is -2.15. The van der Waals surface area contributed by atoms with Gasteiger partial charge >= 0.3 is 11.8 Å². The molecule has 1 aliphatic heterocycles. The van der Waals surface area contributed by atoms with Gasteiger partial charge in [-0.3, -0.25) is 9.59 Å². The standard InChI is InChI=1S/C17H24N2O3/c1-3-12-7-5-8-13(4-2)15(12)19-17(21)16(20)18-11-14-9-6-10-22-14/h5,7-8,14H,3-4,6,9-11H2,1-2H3,(H,18,20)(H,19,21). The van der Waals surface area contributed by atoms with Gasteiger partial charge in [0.1, 0.15) is 0 Å². The molecule has 0 radical (unpaired) electrons. The number of hydrogen-bond donors (Lipinski definition) is 2. The number of para-hydroxylation sites is 1. The normalized spacial score (nSPS) is 17.3. The Morgan fingerprint density at radius 1 is 1.18 bits per heavy atom. The number of benzene rings is 1. The Bertz CT molecular complexity index is 514. The van der Waals surface area contributed by atoms with Crippen LogP contribution in [0.4, 0.5) is 5.69 Å². The quantitative estimate of drug-likeness (QED) is 0.818. The summed E-state index contributed by atoms with van der Waals surface area (Å²) in [5, 5.41) is 5.41. The molecule has 0 aromatic heterocycles. The first kappa shape index (κ1) is 16.5. The molecule has 5 nitrogen and oxygen atoms in total. The molecular formula is C17H24N2O3. The molecular weight excluding hydrogens is 280 g/mol. The van der Waals surface area contributed by atoms with Gasteiger partial charge in [-0.1, -0.05) is 32.0 Å². The van der Waals surface area contributed by atoms with Crippen molar-refractivity contribution < 1.29 is 14.3 Å². The maximum atomic E-state index is 12.1. The van der Waals surface area contributed by atoms with E-state index in [-0.39, 0.29) is 6.10 Å². The summed E-state index contributed by atoms with van der Waals surface area (Å²) in [4.78, 5) is 24.0. The number of anilines is 1. The molecule has 120 valence electrons. The van der Waals surface area contributed by atoms with E-state index in [4.69, 9.17) is 4.74 Å². The lowest BCUT2D eigenvalue weighted by molar-refractivity contribution is -0.136. The third kappa shape index (κ3) is 4.07. The number of amides is 2. The SMILES string of the molecule is CCc1cccc(CC)c1NC(=O)C(=O)NCC1CCCO1. The van der Waals surface area contributed by atoms with Gasteiger partial charge in [0.15, 0.2) is 0 Å². The Labute approximate surface area is 131 Å². The third-order valence-corrected chi connectivity index (χ3v) is 3.96. The Balaban J connectivity index is 1.97. The van der Waals surface area contributed by atoms with Crippen molar-refractivity contribution >= 4 is 17.5 Å². The van der Waals surface area contributed by atoms with Crippen molar-refractivity contribution in [3.05, 3.63) is 29.3 Å². The summed E-state index contributed by atoms with van der Waals surface area (Å²) < 4.78 is 5.43. The predicted molar refractivity (Wildman–Crippen MR) is 85.8 cm³/mol. The van der Waals surface area contributed by atoms with Crippen LogP contribution >= 0.6 is 0 Å². The Hall–Kier alpha value is -1.88. The van der Waals surface area contributed by atoms with Gasteiger partial charge in [-0.05, 0) is 36.8 Å². The molecule has 1 aromatic rings. The van der Waals surface area contributed by atoms with Gasteiger partial charge in [0.2, 0.25) is 0 Å². The lowest BCUT2D eigenvalue weighted by atomic mass is 10.0. The van der Waals surface area contributed by atoms with Crippen LogP contribution in [0.2, 0.25) is 0 Å². The predicted octanol–water partition coefficient (Wildman–Crippen LogP) is 2.05. The Morgan fingerprint density at radius 2 is 1.86 bits per heavy atom. The minimum atomic E-state index is -0.617. The van der Waals surface area contributed by atoms with E-state index in [0.29, 0.717) is 6.54 Å². The van der Waals surface area contributed by atoms with Crippen molar-refractivity contribution in [2.24, 2.45) is 0 Å². The maximum absolute atomic E-state index is 12.1. The molecule has 0 spiro atoms. The highest BCUT2D eigenvalue weighted by Gasteiger charge is 2.20. The fourth-order valence-corrected chi connectivity index (χ4v) is 2.67. The van der Waals surface area contributed by atoms with Gasteiger partial charge in [0.05, 0.1) is 6.10 Å². The molecule has 2 rings (SSSR count). The van der Waals surface area contributed by atoms with Gasteiger partial charge < -0.3 is 15.4 Å². The van der Waals surface area contributed by atoms with Crippen LogP contribution in [-0.4, -0.2) is 31.1 Å². The number of carbonyl (C=O) groups excluding carboxylic acids is 2. The molecule has 2 N–H and O–H groups in total. The van der Waals surface area contributed by atoms with E-state index in [1.54, 1.807) is 0 Å². The third-order valence-electron chi connectivity index (χ3n) is 3.96. The van der Waals surface area contributed by atoms with Crippen LogP contribution in [-0.2, 0) is 27.2 Å². The van der Waals surface area contributed by atoms with E-state index in [0.717, 1.165) is 49.1 Å². The first-order valence-electron chi connectivity index (χ1n) is 7.97. The number of nitrogens with one attached hydrogen (secondary N) is 2. The van der Waals surface area contributed by atoms with E-state index in [2.05, 4.69) is 10.6 Å². The van der Waals surface area contributed by atoms with Crippen molar-refractivity contribution in [1.82, 2.24) is 5.32 Å². The number of hydrogen-bond acceptors (Lipinski definition) is 3. The minimum Gasteiger partial charge on any atom is -0.376 e. The molecule has 1 aliphatic rings. The zero-order valence-electron chi connectivity index (χ0n) is 13.3. The highest BCUT2D eigenvalue weighted by molar-refractivity contribution is 6.39. The van der Waals surface area contributed by atoms with Crippen LogP contribution in [0.15, 0.2) is 18.2 Å². The summed E-state index contributed by atoms with van der Waals surface area (Å²) in [7, 11) is 0. The van der Waals surface area contributed by atoms with Crippen molar-refractivity contribution in [3.8, 4) is 0 Å². The fraction of sp³-hybridized carbons (Fsp3) is 0.529. The molecule has 1 fully saturated rings.